The summed E-state index contributed by atoms with van der Waals surface area (Å²) in [6, 6.07) is 0. The van der Waals surface area contributed by atoms with Crippen LogP contribution in [0.15, 0.2) is 0 Å². The maximum absolute atomic E-state index is 14.4. The SMILES string of the molecule is CCCC[N+](CCCC)(CCCC)c1c(F)c(F)c(F)c(F)c1F.CCCC[N+](CCCC)(CCCC)c1c(F)c(F)c(F)c(F)c1F.CCCC[N+](CCCC)(CCCC)c1c(F)c(F)c(F)c(F)c1F.[O-]B([O-])[O-]. The van der Waals surface area contributed by atoms with Crippen LogP contribution in [0.25, 0.3) is 0 Å². The van der Waals surface area contributed by atoms with Crippen LogP contribution in [0.5, 0.6) is 0 Å². The predicted molar refractivity (Wildman–Crippen MR) is 268 cm³/mol. The minimum atomic E-state index is -2.92. The molecule has 438 valence electrons. The summed E-state index contributed by atoms with van der Waals surface area (Å²) in [7, 11) is -2.92. The van der Waals surface area contributed by atoms with Crippen LogP contribution in [0.4, 0.5) is 82.9 Å². The second-order valence-electron chi connectivity index (χ2n) is 19.2. The van der Waals surface area contributed by atoms with Crippen LogP contribution in [0.2, 0.25) is 0 Å². The highest BCUT2D eigenvalue weighted by Crippen LogP contribution is 2.39. The van der Waals surface area contributed by atoms with Gasteiger partial charge in [-0.15, -0.1) is 0 Å². The van der Waals surface area contributed by atoms with Gasteiger partial charge in [0.05, 0.1) is 58.9 Å². The molecule has 22 heteroatoms. The summed E-state index contributed by atoms with van der Waals surface area (Å²) >= 11 is 0. The lowest BCUT2D eigenvalue weighted by atomic mass is 10.1. The minimum Gasteiger partial charge on any atom is -0.907 e. The third kappa shape index (κ3) is 19.7. The van der Waals surface area contributed by atoms with Crippen molar-refractivity contribution in [1.29, 1.82) is 0 Å². The third-order valence-corrected chi connectivity index (χ3v) is 13.4. The summed E-state index contributed by atoms with van der Waals surface area (Å²) in [5, 5.41) is 25.2. The van der Waals surface area contributed by atoms with Gasteiger partial charge in [-0.3, -0.25) is 20.8 Å². The van der Waals surface area contributed by atoms with Gasteiger partial charge in [-0.2, -0.15) is 26.3 Å². The molecule has 0 radical (unpaired) electrons. The first-order valence-electron chi connectivity index (χ1n) is 26.9. The van der Waals surface area contributed by atoms with Crippen LogP contribution < -0.4 is 28.5 Å². The Bertz CT molecular complexity index is 1790. The summed E-state index contributed by atoms with van der Waals surface area (Å²) < 4.78 is 209. The van der Waals surface area contributed by atoms with Crippen LogP contribution in [-0.2, 0) is 0 Å². The van der Waals surface area contributed by atoms with E-state index in [1.807, 2.05) is 62.3 Å². The largest absolute Gasteiger partial charge is 0.907 e. The number of unbranched alkanes of at least 4 members (excludes halogenated alkanes) is 9. The Kier molecular flexibility index (Phi) is 34.9. The molecule has 0 fully saturated rings. The molecule has 0 aromatic heterocycles. The summed E-state index contributed by atoms with van der Waals surface area (Å²) in [4.78, 5) is 0. The molecule has 0 saturated heterocycles. The minimum absolute atomic E-state index is 0.179. The molecule has 0 aliphatic carbocycles. The van der Waals surface area contributed by atoms with Crippen molar-refractivity contribution in [2.75, 3.05) is 58.9 Å². The topological polar surface area (TPSA) is 69.2 Å². The number of nitrogens with zero attached hydrogens (tertiary/aromatic N) is 3. The Hall–Kier alpha value is -3.57. The van der Waals surface area contributed by atoms with Gasteiger partial charge in [-0.05, 0) is 57.8 Å². The van der Waals surface area contributed by atoms with E-state index in [2.05, 4.69) is 0 Å². The van der Waals surface area contributed by atoms with Gasteiger partial charge < -0.3 is 15.1 Å². The molecule has 76 heavy (non-hydrogen) atoms. The molecule has 3 aromatic rings. The van der Waals surface area contributed by atoms with Gasteiger partial charge in [-0.1, -0.05) is 120 Å². The second-order valence-corrected chi connectivity index (χ2v) is 19.2. The molecule has 0 aliphatic rings. The van der Waals surface area contributed by atoms with Crippen LogP contribution in [0.1, 0.15) is 178 Å². The molecular weight excluding hydrogens is 1030 g/mol. The van der Waals surface area contributed by atoms with E-state index in [0.717, 1.165) is 57.8 Å². The second kappa shape index (κ2) is 36.6. The van der Waals surface area contributed by atoms with Crippen molar-refractivity contribution in [3.63, 3.8) is 0 Å². The molecule has 0 atom stereocenters. The van der Waals surface area contributed by atoms with Gasteiger partial charge in [0.25, 0.3) is 0 Å². The Balaban J connectivity index is 0.00000107. The Morgan fingerprint density at radius 3 is 0.408 bits per heavy atom. The van der Waals surface area contributed by atoms with Gasteiger partial charge >= 0.3 is 0 Å². The molecule has 0 saturated carbocycles. The lowest BCUT2D eigenvalue weighted by molar-refractivity contribution is -0.479. The van der Waals surface area contributed by atoms with E-state index in [4.69, 9.17) is 15.1 Å². The van der Waals surface area contributed by atoms with Gasteiger partial charge in [0.15, 0.2) is 0 Å². The molecule has 6 nitrogen and oxygen atoms in total. The van der Waals surface area contributed by atoms with Gasteiger partial charge in [0, 0.05) is 0 Å². The molecule has 0 amide bonds. The predicted octanol–water partition coefficient (Wildman–Crippen LogP) is 14.3. The van der Waals surface area contributed by atoms with Crippen LogP contribution in [-0.4, -0.2) is 66.2 Å². The van der Waals surface area contributed by atoms with Crippen molar-refractivity contribution in [3.8, 4) is 0 Å². The van der Waals surface area contributed by atoms with E-state index >= 15 is 0 Å². The number of hydrogen-bond donors (Lipinski definition) is 0. The zero-order valence-corrected chi connectivity index (χ0v) is 45.9. The monoisotopic (exact) mass is 1120 g/mol. The van der Waals surface area contributed by atoms with Gasteiger partial charge in [0.2, 0.25) is 104 Å². The standard InChI is InChI=1S/3C18H27F5N.BO3/c3*1-4-7-10-24(11-8-5-2,12-9-6-3)18-16(22)14(20)13(19)15(21)17(18)23;2-1(3)4/h3*4-12H2,1-3H3;/q3*+1;-3. The molecule has 3 rings (SSSR count). The zero-order chi connectivity index (χ0) is 58.6. The van der Waals surface area contributed by atoms with E-state index in [9.17, 15) is 65.9 Å². The van der Waals surface area contributed by atoms with E-state index in [-0.39, 0.29) is 13.4 Å². The fourth-order valence-electron chi connectivity index (χ4n) is 9.19. The molecule has 0 heterocycles. The first-order chi connectivity index (χ1) is 35.8. The molecule has 0 spiro atoms. The van der Waals surface area contributed by atoms with Crippen molar-refractivity contribution in [1.82, 2.24) is 13.4 Å². The van der Waals surface area contributed by atoms with Crippen LogP contribution >= 0.6 is 0 Å². The normalized spacial score (nSPS) is 11.7. The average Bonchev–Trinajstić information content (AvgIpc) is 3.40. The van der Waals surface area contributed by atoms with E-state index in [1.54, 1.807) is 0 Å². The highest BCUT2D eigenvalue weighted by molar-refractivity contribution is 6.24. The fourth-order valence-corrected chi connectivity index (χ4v) is 9.19. The van der Waals surface area contributed by atoms with E-state index < -0.39 is 112 Å². The number of halogens is 15. The van der Waals surface area contributed by atoms with Gasteiger partial charge in [0.1, 0.15) is 0 Å². The Morgan fingerprint density at radius 2 is 0.316 bits per heavy atom. The molecule has 0 unspecified atom stereocenters. The number of quaternary nitrogens is 3. The summed E-state index contributed by atoms with van der Waals surface area (Å²) in [5.41, 5.74) is -2.00. The van der Waals surface area contributed by atoms with Crippen molar-refractivity contribution in [2.45, 2.75) is 178 Å². The lowest BCUT2D eigenvalue weighted by Crippen LogP contribution is -2.56. The molecule has 0 aliphatic heterocycles. The van der Waals surface area contributed by atoms with Crippen LogP contribution in [0.3, 0.4) is 0 Å². The molecule has 0 bridgehead atoms. The third-order valence-electron chi connectivity index (χ3n) is 13.4. The number of rotatable bonds is 30. The van der Waals surface area contributed by atoms with E-state index in [0.29, 0.717) is 117 Å². The summed E-state index contributed by atoms with van der Waals surface area (Å²) in [6.45, 7) is 20.8. The van der Waals surface area contributed by atoms with Crippen molar-refractivity contribution >= 4 is 24.4 Å². The Morgan fingerprint density at radius 1 is 0.224 bits per heavy atom. The average molecular weight is 1120 g/mol. The molecular formula is C54H81BF15N3O3. The van der Waals surface area contributed by atoms with Gasteiger partial charge in [-0.25, -0.2) is 39.5 Å². The highest BCUT2D eigenvalue weighted by atomic mass is 19.2. The fraction of sp³-hybridized carbons (Fsp3) is 0.667. The molecule has 0 N–H and O–H groups in total. The first kappa shape index (κ1) is 72.4. The van der Waals surface area contributed by atoms with Crippen molar-refractivity contribution in [2.24, 2.45) is 0 Å². The van der Waals surface area contributed by atoms with Crippen molar-refractivity contribution in [3.05, 3.63) is 87.3 Å². The highest BCUT2D eigenvalue weighted by Gasteiger charge is 2.43. The zero-order valence-electron chi connectivity index (χ0n) is 45.9. The number of hydrogen-bond acceptors (Lipinski definition) is 3. The quantitative estimate of drug-likeness (QED) is 0.0220. The van der Waals surface area contributed by atoms with Crippen LogP contribution in [0, 0.1) is 87.3 Å². The smallest absolute Gasteiger partial charge is 0.225 e. The maximum Gasteiger partial charge on any atom is 0.225 e. The lowest BCUT2D eigenvalue weighted by Gasteiger charge is -2.39. The molecule has 3 aromatic carbocycles. The summed E-state index contributed by atoms with van der Waals surface area (Å²) in [6.07, 6.45) is 13.0. The van der Waals surface area contributed by atoms with E-state index in [1.165, 1.54) is 0 Å². The Labute approximate surface area is 441 Å². The first-order valence-corrected chi connectivity index (χ1v) is 26.9. The summed E-state index contributed by atoms with van der Waals surface area (Å²) in [5.74, 6) is -27.5. The number of benzene rings is 3. The maximum atomic E-state index is 14.4. The van der Waals surface area contributed by atoms with Crippen molar-refractivity contribution < 1.29 is 80.9 Å².